The van der Waals surface area contributed by atoms with E-state index in [-0.39, 0.29) is 12.5 Å². The number of para-hydroxylation sites is 2. The molecule has 0 aliphatic heterocycles. The Morgan fingerprint density at radius 1 is 1.17 bits per heavy atom. The molecule has 0 fully saturated rings. The first kappa shape index (κ1) is 16.2. The van der Waals surface area contributed by atoms with Crippen molar-refractivity contribution in [1.29, 1.82) is 0 Å². The standard InChI is InChI=1S/C19H21N3O2/c1-19(2,24)12-21(3)18(23)14-8-10-15(11-9-14)22-13-20-16-6-4-5-7-17(16)22/h4-11,13,24H,12H2,1-3H3. The Kier molecular flexibility index (Phi) is 4.11. The summed E-state index contributed by atoms with van der Waals surface area (Å²) >= 11 is 0. The van der Waals surface area contributed by atoms with Crippen LogP contribution in [0.3, 0.4) is 0 Å². The zero-order valence-corrected chi connectivity index (χ0v) is 14.1. The number of rotatable bonds is 4. The van der Waals surface area contributed by atoms with E-state index in [1.807, 2.05) is 41.0 Å². The molecule has 0 atom stereocenters. The van der Waals surface area contributed by atoms with E-state index in [0.29, 0.717) is 5.56 Å². The number of hydrogen-bond acceptors (Lipinski definition) is 3. The molecule has 1 heterocycles. The van der Waals surface area contributed by atoms with E-state index in [1.165, 1.54) is 4.90 Å². The fourth-order valence-electron chi connectivity index (χ4n) is 2.80. The molecule has 3 aromatic rings. The normalized spacial score (nSPS) is 11.7. The van der Waals surface area contributed by atoms with Crippen molar-refractivity contribution in [1.82, 2.24) is 14.5 Å². The maximum atomic E-state index is 12.4. The van der Waals surface area contributed by atoms with Crippen LogP contribution in [0.4, 0.5) is 0 Å². The Labute approximate surface area is 141 Å². The quantitative estimate of drug-likeness (QED) is 0.803. The lowest BCUT2D eigenvalue weighted by molar-refractivity contribution is 0.0368. The fourth-order valence-corrected chi connectivity index (χ4v) is 2.80. The number of hydrogen-bond donors (Lipinski definition) is 1. The number of carbonyl (C=O) groups is 1. The van der Waals surface area contributed by atoms with Crippen molar-refractivity contribution in [3.8, 4) is 5.69 Å². The van der Waals surface area contributed by atoms with Crippen LogP contribution in [-0.4, -0.2) is 44.7 Å². The Morgan fingerprint density at radius 3 is 2.50 bits per heavy atom. The largest absolute Gasteiger partial charge is 0.389 e. The van der Waals surface area contributed by atoms with Gasteiger partial charge in [0.05, 0.1) is 16.6 Å². The molecule has 0 radical (unpaired) electrons. The Bertz CT molecular complexity index is 860. The lowest BCUT2D eigenvalue weighted by Crippen LogP contribution is -2.39. The first-order chi connectivity index (χ1) is 11.3. The second kappa shape index (κ2) is 6.09. The Morgan fingerprint density at radius 2 is 1.83 bits per heavy atom. The molecular formula is C19H21N3O2. The average Bonchev–Trinajstić information content (AvgIpc) is 2.97. The van der Waals surface area contributed by atoms with Gasteiger partial charge in [0.15, 0.2) is 0 Å². The van der Waals surface area contributed by atoms with Gasteiger partial charge in [-0.2, -0.15) is 0 Å². The molecule has 0 saturated carbocycles. The van der Waals surface area contributed by atoms with Gasteiger partial charge in [-0.25, -0.2) is 4.98 Å². The van der Waals surface area contributed by atoms with Crippen molar-refractivity contribution in [2.45, 2.75) is 19.4 Å². The minimum atomic E-state index is -0.917. The minimum Gasteiger partial charge on any atom is -0.389 e. The van der Waals surface area contributed by atoms with Crippen molar-refractivity contribution >= 4 is 16.9 Å². The molecule has 5 heteroatoms. The number of aromatic nitrogens is 2. The third-order valence-electron chi connectivity index (χ3n) is 3.82. The summed E-state index contributed by atoms with van der Waals surface area (Å²) in [5.74, 6) is -0.112. The molecule has 5 nitrogen and oxygen atoms in total. The monoisotopic (exact) mass is 323 g/mol. The molecule has 0 bridgehead atoms. The van der Waals surface area contributed by atoms with E-state index in [2.05, 4.69) is 4.98 Å². The number of aliphatic hydroxyl groups is 1. The first-order valence-corrected chi connectivity index (χ1v) is 7.85. The highest BCUT2D eigenvalue weighted by molar-refractivity contribution is 5.94. The van der Waals surface area contributed by atoms with Gasteiger partial charge in [0, 0.05) is 24.8 Å². The average molecular weight is 323 g/mol. The maximum absolute atomic E-state index is 12.4. The third kappa shape index (κ3) is 3.31. The van der Waals surface area contributed by atoms with Gasteiger partial charge in [0.25, 0.3) is 5.91 Å². The van der Waals surface area contributed by atoms with Crippen molar-refractivity contribution < 1.29 is 9.90 Å². The van der Waals surface area contributed by atoms with E-state index < -0.39 is 5.60 Å². The second-order valence-electron chi connectivity index (χ2n) is 6.62. The number of likely N-dealkylation sites (N-methyl/N-ethyl adjacent to an activating group) is 1. The van der Waals surface area contributed by atoms with Gasteiger partial charge in [0.2, 0.25) is 0 Å². The first-order valence-electron chi connectivity index (χ1n) is 7.85. The Balaban J connectivity index is 1.84. The van der Waals surface area contributed by atoms with E-state index in [4.69, 9.17) is 0 Å². The number of carbonyl (C=O) groups excluding carboxylic acids is 1. The van der Waals surface area contributed by atoms with Gasteiger partial charge >= 0.3 is 0 Å². The van der Waals surface area contributed by atoms with Crippen molar-refractivity contribution in [3.05, 3.63) is 60.4 Å². The summed E-state index contributed by atoms with van der Waals surface area (Å²) in [7, 11) is 1.69. The molecule has 1 aromatic heterocycles. The highest BCUT2D eigenvalue weighted by Crippen LogP contribution is 2.19. The Hall–Kier alpha value is -2.66. The smallest absolute Gasteiger partial charge is 0.253 e. The van der Waals surface area contributed by atoms with Crippen LogP contribution in [0.2, 0.25) is 0 Å². The summed E-state index contributed by atoms with van der Waals surface area (Å²) < 4.78 is 1.99. The number of fused-ring (bicyclic) bond motifs is 1. The second-order valence-corrected chi connectivity index (χ2v) is 6.62. The molecule has 0 unspecified atom stereocenters. The summed E-state index contributed by atoms with van der Waals surface area (Å²) in [6, 6.07) is 15.3. The molecular weight excluding hydrogens is 302 g/mol. The van der Waals surface area contributed by atoms with Gasteiger partial charge < -0.3 is 10.0 Å². The summed E-state index contributed by atoms with van der Waals surface area (Å²) in [6.07, 6.45) is 1.78. The van der Waals surface area contributed by atoms with Crippen LogP contribution in [0.5, 0.6) is 0 Å². The predicted octanol–water partition coefficient (Wildman–Crippen LogP) is 2.87. The van der Waals surface area contributed by atoms with Crippen molar-refractivity contribution in [2.24, 2.45) is 0 Å². The van der Waals surface area contributed by atoms with E-state index in [1.54, 1.807) is 39.4 Å². The molecule has 0 spiro atoms. The summed E-state index contributed by atoms with van der Waals surface area (Å²) in [6.45, 7) is 3.65. The zero-order valence-electron chi connectivity index (χ0n) is 14.1. The molecule has 2 aromatic carbocycles. The van der Waals surface area contributed by atoms with E-state index in [9.17, 15) is 9.90 Å². The van der Waals surface area contributed by atoms with Crippen LogP contribution in [-0.2, 0) is 0 Å². The van der Waals surface area contributed by atoms with E-state index in [0.717, 1.165) is 16.7 Å². The summed E-state index contributed by atoms with van der Waals surface area (Å²) in [5.41, 5.74) is 2.58. The predicted molar refractivity (Wildman–Crippen MR) is 94.3 cm³/mol. The van der Waals surface area contributed by atoms with Gasteiger partial charge in [-0.15, -0.1) is 0 Å². The van der Waals surface area contributed by atoms with Crippen LogP contribution in [0.25, 0.3) is 16.7 Å². The number of amides is 1. The molecule has 0 saturated heterocycles. The van der Waals surface area contributed by atoms with Crippen LogP contribution >= 0.6 is 0 Å². The van der Waals surface area contributed by atoms with E-state index >= 15 is 0 Å². The molecule has 1 N–H and O–H groups in total. The SMILES string of the molecule is CN(CC(C)(C)O)C(=O)c1ccc(-n2cnc3ccccc32)cc1. The van der Waals surface area contributed by atoms with Crippen molar-refractivity contribution in [3.63, 3.8) is 0 Å². The number of benzene rings is 2. The number of nitrogens with zero attached hydrogens (tertiary/aromatic N) is 3. The topological polar surface area (TPSA) is 58.4 Å². The van der Waals surface area contributed by atoms with Crippen LogP contribution in [0.15, 0.2) is 54.9 Å². The zero-order chi connectivity index (χ0) is 17.3. The van der Waals surface area contributed by atoms with Gasteiger partial charge in [-0.3, -0.25) is 9.36 Å². The third-order valence-corrected chi connectivity index (χ3v) is 3.82. The van der Waals surface area contributed by atoms with Crippen LogP contribution in [0, 0.1) is 0 Å². The molecule has 3 rings (SSSR count). The maximum Gasteiger partial charge on any atom is 0.253 e. The van der Waals surface area contributed by atoms with Gasteiger partial charge in [-0.1, -0.05) is 12.1 Å². The number of imidazole rings is 1. The lowest BCUT2D eigenvalue weighted by Gasteiger charge is -2.25. The molecule has 0 aliphatic rings. The van der Waals surface area contributed by atoms with Crippen LogP contribution in [0.1, 0.15) is 24.2 Å². The minimum absolute atomic E-state index is 0.112. The van der Waals surface area contributed by atoms with Crippen LogP contribution < -0.4 is 0 Å². The lowest BCUT2D eigenvalue weighted by atomic mass is 10.1. The summed E-state index contributed by atoms with van der Waals surface area (Å²) in [5, 5.41) is 9.85. The highest BCUT2D eigenvalue weighted by Gasteiger charge is 2.20. The fraction of sp³-hybridized carbons (Fsp3) is 0.263. The van der Waals surface area contributed by atoms with Gasteiger partial charge in [0.1, 0.15) is 6.33 Å². The van der Waals surface area contributed by atoms with Gasteiger partial charge in [-0.05, 0) is 50.2 Å². The molecule has 24 heavy (non-hydrogen) atoms. The van der Waals surface area contributed by atoms with Crippen molar-refractivity contribution in [2.75, 3.05) is 13.6 Å². The summed E-state index contributed by atoms with van der Waals surface area (Å²) in [4.78, 5) is 18.3. The molecule has 124 valence electrons. The molecule has 0 aliphatic carbocycles. The molecule has 1 amide bonds. The highest BCUT2D eigenvalue weighted by atomic mass is 16.3.